The molecule has 1 aromatic carbocycles. The topological polar surface area (TPSA) is 89.6 Å². The maximum atomic E-state index is 12.4. The number of carbonyl (C=O) groups excluding carboxylic acids is 2. The highest BCUT2D eigenvalue weighted by Gasteiger charge is 2.17. The molecule has 3 heterocycles. The summed E-state index contributed by atoms with van der Waals surface area (Å²) in [5.74, 6) is 0.921. The number of amides is 2. The molecule has 0 spiro atoms. The summed E-state index contributed by atoms with van der Waals surface area (Å²) < 4.78 is 12.0. The Kier molecular flexibility index (Phi) is 4.02. The van der Waals surface area contributed by atoms with Gasteiger partial charge in [-0.05, 0) is 12.1 Å². The minimum absolute atomic E-state index is 0.173. The first kappa shape index (κ1) is 15.9. The van der Waals surface area contributed by atoms with Gasteiger partial charge in [0, 0.05) is 19.1 Å². The second-order valence-electron chi connectivity index (χ2n) is 5.28. The van der Waals surface area contributed by atoms with Crippen LogP contribution in [0.25, 0.3) is 10.2 Å². The molecular weight excluding hydrogens is 362 g/mol. The van der Waals surface area contributed by atoms with Crippen molar-refractivity contribution in [3.63, 3.8) is 0 Å². The Bertz CT molecular complexity index is 936. The van der Waals surface area contributed by atoms with E-state index in [-0.39, 0.29) is 11.8 Å². The average Bonchev–Trinajstić information content (AvgIpc) is 3.18. The molecule has 9 heteroatoms. The normalized spacial score (nSPS) is 12.8. The van der Waals surface area contributed by atoms with Gasteiger partial charge in [-0.1, -0.05) is 11.3 Å². The number of rotatable bonds is 3. The van der Waals surface area contributed by atoms with Crippen LogP contribution in [0.3, 0.4) is 0 Å². The minimum atomic E-state index is -0.266. The predicted octanol–water partition coefficient (Wildman–Crippen LogP) is 3.34. The van der Waals surface area contributed by atoms with Gasteiger partial charge in [0.15, 0.2) is 16.6 Å². The largest absolute Gasteiger partial charge is 0.486 e. The highest BCUT2D eigenvalue weighted by atomic mass is 32.1. The Morgan fingerprint density at radius 2 is 1.84 bits per heavy atom. The van der Waals surface area contributed by atoms with Crippen LogP contribution in [-0.2, 0) is 4.79 Å². The molecule has 3 aromatic rings. The molecule has 0 atom stereocenters. The van der Waals surface area contributed by atoms with E-state index in [4.69, 9.17) is 9.47 Å². The number of hydrogen-bond donors (Lipinski definition) is 2. The monoisotopic (exact) mass is 375 g/mol. The molecule has 2 amide bonds. The van der Waals surface area contributed by atoms with E-state index < -0.39 is 0 Å². The van der Waals surface area contributed by atoms with Crippen molar-refractivity contribution in [1.82, 2.24) is 4.98 Å². The SMILES string of the molecule is CC(=O)Nc1ccc(C(=O)Nc2nc3cc4c(cc3s2)OCCO4)s1. The summed E-state index contributed by atoms with van der Waals surface area (Å²) >= 11 is 2.58. The van der Waals surface area contributed by atoms with Gasteiger partial charge in [-0.15, -0.1) is 11.3 Å². The standard InChI is InChI=1S/C16H13N3O4S2/c1-8(20)17-14-3-2-12(24-14)15(21)19-16-18-9-6-10-11(7-13(9)25-16)23-5-4-22-10/h2-3,6-7H,4-5H2,1H3,(H,17,20)(H,18,19,21). The highest BCUT2D eigenvalue weighted by Crippen LogP contribution is 2.38. The summed E-state index contributed by atoms with van der Waals surface area (Å²) in [4.78, 5) is 28.3. The van der Waals surface area contributed by atoms with E-state index >= 15 is 0 Å². The van der Waals surface area contributed by atoms with Crippen LogP contribution in [0.1, 0.15) is 16.6 Å². The quantitative estimate of drug-likeness (QED) is 0.733. The van der Waals surface area contributed by atoms with Gasteiger partial charge in [-0.2, -0.15) is 0 Å². The number of thiazole rings is 1. The Balaban J connectivity index is 1.54. The number of nitrogens with zero attached hydrogens (tertiary/aromatic N) is 1. The number of carbonyl (C=O) groups is 2. The third-order valence-electron chi connectivity index (χ3n) is 3.40. The van der Waals surface area contributed by atoms with Crippen molar-refractivity contribution in [2.45, 2.75) is 6.92 Å². The first-order valence-corrected chi connectivity index (χ1v) is 9.11. The Morgan fingerprint density at radius 1 is 1.08 bits per heavy atom. The van der Waals surface area contributed by atoms with Crippen LogP contribution in [0.15, 0.2) is 24.3 Å². The second-order valence-corrected chi connectivity index (χ2v) is 7.40. The van der Waals surface area contributed by atoms with Gasteiger partial charge < -0.3 is 14.8 Å². The minimum Gasteiger partial charge on any atom is -0.486 e. The fraction of sp³-hybridized carbons (Fsp3) is 0.188. The van der Waals surface area contributed by atoms with Crippen molar-refractivity contribution in [1.29, 1.82) is 0 Å². The molecule has 0 fully saturated rings. The zero-order chi connectivity index (χ0) is 17.4. The Hall–Kier alpha value is -2.65. The van der Waals surface area contributed by atoms with Crippen LogP contribution < -0.4 is 20.1 Å². The van der Waals surface area contributed by atoms with Crippen molar-refractivity contribution < 1.29 is 19.1 Å². The fourth-order valence-corrected chi connectivity index (χ4v) is 4.10. The number of hydrogen-bond acceptors (Lipinski definition) is 7. The second kappa shape index (κ2) is 6.34. The summed E-state index contributed by atoms with van der Waals surface area (Å²) in [6, 6.07) is 7.05. The smallest absolute Gasteiger partial charge is 0.267 e. The first-order chi connectivity index (χ1) is 12.1. The van der Waals surface area contributed by atoms with Crippen molar-refractivity contribution in [2.24, 2.45) is 0 Å². The summed E-state index contributed by atoms with van der Waals surface area (Å²) in [6.07, 6.45) is 0. The molecule has 0 unspecified atom stereocenters. The van der Waals surface area contributed by atoms with E-state index in [1.807, 2.05) is 12.1 Å². The Labute approximate surface area is 150 Å². The van der Waals surface area contributed by atoms with Crippen LogP contribution in [-0.4, -0.2) is 30.0 Å². The fourth-order valence-electron chi connectivity index (χ4n) is 2.38. The van der Waals surface area contributed by atoms with E-state index in [0.29, 0.717) is 39.7 Å². The van der Waals surface area contributed by atoms with Gasteiger partial charge in [-0.3, -0.25) is 14.9 Å². The average molecular weight is 375 g/mol. The van der Waals surface area contributed by atoms with E-state index in [9.17, 15) is 9.59 Å². The number of thiophene rings is 1. The lowest BCUT2D eigenvalue weighted by Gasteiger charge is -2.17. The molecule has 25 heavy (non-hydrogen) atoms. The summed E-state index contributed by atoms with van der Waals surface area (Å²) in [5, 5.41) is 6.57. The molecule has 0 saturated carbocycles. The molecule has 0 aliphatic carbocycles. The zero-order valence-corrected chi connectivity index (χ0v) is 14.8. The molecule has 2 N–H and O–H groups in total. The number of anilines is 2. The zero-order valence-electron chi connectivity index (χ0n) is 13.1. The van der Waals surface area contributed by atoms with Crippen LogP contribution in [0.2, 0.25) is 0 Å². The lowest BCUT2D eigenvalue weighted by Crippen LogP contribution is -2.15. The number of nitrogens with one attached hydrogen (secondary N) is 2. The summed E-state index contributed by atoms with van der Waals surface area (Å²) in [5.41, 5.74) is 0.745. The van der Waals surface area contributed by atoms with Crippen molar-refractivity contribution in [3.05, 3.63) is 29.1 Å². The van der Waals surface area contributed by atoms with Crippen molar-refractivity contribution >= 4 is 54.8 Å². The van der Waals surface area contributed by atoms with Crippen LogP contribution in [0.4, 0.5) is 10.1 Å². The lowest BCUT2D eigenvalue weighted by atomic mass is 10.3. The van der Waals surface area contributed by atoms with E-state index in [1.165, 1.54) is 29.6 Å². The van der Waals surface area contributed by atoms with Crippen molar-refractivity contribution in [3.8, 4) is 11.5 Å². The molecule has 7 nitrogen and oxygen atoms in total. The van der Waals surface area contributed by atoms with Crippen LogP contribution in [0, 0.1) is 0 Å². The highest BCUT2D eigenvalue weighted by molar-refractivity contribution is 7.22. The van der Waals surface area contributed by atoms with E-state index in [2.05, 4.69) is 15.6 Å². The molecule has 1 aliphatic rings. The lowest BCUT2D eigenvalue weighted by molar-refractivity contribution is -0.114. The molecule has 4 rings (SSSR count). The molecular formula is C16H13N3O4S2. The molecule has 128 valence electrons. The molecule has 1 aliphatic heterocycles. The number of aromatic nitrogens is 1. The van der Waals surface area contributed by atoms with Crippen molar-refractivity contribution in [2.75, 3.05) is 23.8 Å². The van der Waals surface area contributed by atoms with Crippen LogP contribution in [0.5, 0.6) is 11.5 Å². The van der Waals surface area contributed by atoms with E-state index in [1.54, 1.807) is 12.1 Å². The molecule has 2 aromatic heterocycles. The molecule has 0 radical (unpaired) electrons. The summed E-state index contributed by atoms with van der Waals surface area (Å²) in [7, 11) is 0. The van der Waals surface area contributed by atoms with Gasteiger partial charge in [0.05, 0.1) is 20.1 Å². The molecule has 0 saturated heterocycles. The summed E-state index contributed by atoms with van der Waals surface area (Å²) in [6.45, 7) is 2.46. The van der Waals surface area contributed by atoms with Crippen LogP contribution >= 0.6 is 22.7 Å². The number of benzene rings is 1. The van der Waals surface area contributed by atoms with Gasteiger partial charge >= 0.3 is 0 Å². The maximum absolute atomic E-state index is 12.4. The van der Waals surface area contributed by atoms with Gasteiger partial charge in [0.25, 0.3) is 5.91 Å². The third kappa shape index (κ3) is 3.28. The van der Waals surface area contributed by atoms with Gasteiger partial charge in [-0.25, -0.2) is 4.98 Å². The molecule has 0 bridgehead atoms. The van der Waals surface area contributed by atoms with E-state index in [0.717, 1.165) is 10.2 Å². The number of fused-ring (bicyclic) bond motifs is 2. The number of ether oxygens (including phenoxy) is 2. The maximum Gasteiger partial charge on any atom is 0.267 e. The van der Waals surface area contributed by atoms with Gasteiger partial charge in [0.1, 0.15) is 13.2 Å². The Morgan fingerprint density at radius 3 is 2.60 bits per heavy atom. The predicted molar refractivity (Wildman–Crippen MR) is 97.2 cm³/mol. The first-order valence-electron chi connectivity index (χ1n) is 7.47. The third-order valence-corrected chi connectivity index (χ3v) is 5.33. The van der Waals surface area contributed by atoms with Gasteiger partial charge in [0.2, 0.25) is 5.91 Å².